The highest BCUT2D eigenvalue weighted by Gasteiger charge is 2.20. The van der Waals surface area contributed by atoms with Crippen LogP contribution in [0.15, 0.2) is 53.5 Å². The smallest absolute Gasteiger partial charge is 0.253 e. The van der Waals surface area contributed by atoms with Gasteiger partial charge in [-0.1, -0.05) is 29.8 Å². The summed E-state index contributed by atoms with van der Waals surface area (Å²) in [5.74, 6) is 0.938. The number of hydrogen-bond donors (Lipinski definition) is 1. The number of nitrogens with one attached hydrogen (secondary N) is 1. The lowest BCUT2D eigenvalue weighted by molar-refractivity contribution is 0.0827. The number of piperazine rings is 1. The van der Waals surface area contributed by atoms with Crippen molar-refractivity contribution in [3.8, 4) is 0 Å². The first kappa shape index (κ1) is 22.0. The Kier molecular flexibility index (Phi) is 7.57. The van der Waals surface area contributed by atoms with E-state index in [9.17, 15) is 4.79 Å². The number of guanidine groups is 1. The molecule has 1 saturated heterocycles. The number of carbonyl (C=O) groups excluding carboxylic acids is 1. The van der Waals surface area contributed by atoms with E-state index in [1.807, 2.05) is 42.5 Å². The van der Waals surface area contributed by atoms with Gasteiger partial charge >= 0.3 is 0 Å². The molecule has 30 heavy (non-hydrogen) atoms. The summed E-state index contributed by atoms with van der Waals surface area (Å²) in [6.45, 7) is 7.12. The van der Waals surface area contributed by atoms with Gasteiger partial charge < -0.3 is 20.0 Å². The van der Waals surface area contributed by atoms with Crippen LogP contribution in [0.3, 0.4) is 0 Å². The van der Waals surface area contributed by atoms with E-state index in [1.54, 1.807) is 19.0 Å². The second-order valence-electron chi connectivity index (χ2n) is 7.52. The standard InChI is InChI=1S/C23H30ClN5O/c1-4-25-23(26-17-18-8-10-19(11-9-18)22(30)27(2)3)29-14-12-28(13-15-29)21-7-5-6-20(24)16-21/h5-11,16H,4,12-15,17H2,1-3H3,(H,25,26). The van der Waals surface area contributed by atoms with Crippen molar-refractivity contribution in [2.45, 2.75) is 13.5 Å². The summed E-state index contributed by atoms with van der Waals surface area (Å²) in [7, 11) is 3.52. The van der Waals surface area contributed by atoms with E-state index in [2.05, 4.69) is 28.1 Å². The number of aliphatic imine (C=N–C) groups is 1. The van der Waals surface area contributed by atoms with Gasteiger partial charge in [0.1, 0.15) is 0 Å². The molecule has 160 valence electrons. The molecule has 0 spiro atoms. The molecule has 0 saturated carbocycles. The molecule has 1 amide bonds. The van der Waals surface area contributed by atoms with Crippen molar-refractivity contribution in [2.75, 3.05) is 51.7 Å². The second kappa shape index (κ2) is 10.3. The third-order valence-corrected chi connectivity index (χ3v) is 5.34. The average Bonchev–Trinajstić information content (AvgIpc) is 2.76. The Balaban J connectivity index is 1.61. The van der Waals surface area contributed by atoms with E-state index >= 15 is 0 Å². The van der Waals surface area contributed by atoms with Crippen molar-refractivity contribution < 1.29 is 4.79 Å². The molecule has 0 atom stereocenters. The predicted molar refractivity (Wildman–Crippen MR) is 125 cm³/mol. The fourth-order valence-corrected chi connectivity index (χ4v) is 3.64. The van der Waals surface area contributed by atoms with Crippen molar-refractivity contribution in [2.24, 2.45) is 4.99 Å². The van der Waals surface area contributed by atoms with Crippen LogP contribution in [-0.2, 0) is 6.54 Å². The molecule has 1 heterocycles. The molecule has 2 aromatic rings. The van der Waals surface area contributed by atoms with Gasteiger partial charge in [-0.3, -0.25) is 4.79 Å². The van der Waals surface area contributed by atoms with Crippen molar-refractivity contribution in [1.29, 1.82) is 0 Å². The van der Waals surface area contributed by atoms with Crippen LogP contribution in [0.25, 0.3) is 0 Å². The maximum Gasteiger partial charge on any atom is 0.253 e. The molecule has 0 aromatic heterocycles. The first-order valence-electron chi connectivity index (χ1n) is 10.3. The summed E-state index contributed by atoms with van der Waals surface area (Å²) in [4.78, 5) is 23.1. The molecule has 1 aliphatic rings. The van der Waals surface area contributed by atoms with Crippen molar-refractivity contribution in [1.82, 2.24) is 15.1 Å². The number of nitrogens with zero attached hydrogens (tertiary/aromatic N) is 4. The van der Waals surface area contributed by atoms with E-state index in [0.717, 1.165) is 55.0 Å². The highest BCUT2D eigenvalue weighted by Crippen LogP contribution is 2.21. The van der Waals surface area contributed by atoms with Crippen molar-refractivity contribution >= 4 is 29.2 Å². The van der Waals surface area contributed by atoms with Crippen LogP contribution in [0.2, 0.25) is 5.02 Å². The highest BCUT2D eigenvalue weighted by atomic mass is 35.5. The van der Waals surface area contributed by atoms with Gasteiger partial charge in [-0.2, -0.15) is 0 Å². The Labute approximate surface area is 184 Å². The lowest BCUT2D eigenvalue weighted by Crippen LogP contribution is -2.52. The van der Waals surface area contributed by atoms with Gasteiger partial charge in [0, 0.05) is 63.1 Å². The van der Waals surface area contributed by atoms with Crippen LogP contribution in [0, 0.1) is 0 Å². The Morgan fingerprint density at radius 1 is 1.10 bits per heavy atom. The van der Waals surface area contributed by atoms with E-state index in [1.165, 1.54) is 0 Å². The quantitative estimate of drug-likeness (QED) is 0.587. The maximum absolute atomic E-state index is 12.0. The highest BCUT2D eigenvalue weighted by molar-refractivity contribution is 6.30. The summed E-state index contributed by atoms with van der Waals surface area (Å²) < 4.78 is 0. The lowest BCUT2D eigenvalue weighted by atomic mass is 10.1. The Morgan fingerprint density at radius 3 is 2.40 bits per heavy atom. The Morgan fingerprint density at radius 2 is 1.80 bits per heavy atom. The zero-order chi connectivity index (χ0) is 21.5. The molecule has 1 aliphatic heterocycles. The first-order chi connectivity index (χ1) is 14.5. The van der Waals surface area contributed by atoms with Crippen LogP contribution >= 0.6 is 11.6 Å². The van der Waals surface area contributed by atoms with Gasteiger partial charge in [-0.05, 0) is 42.8 Å². The van der Waals surface area contributed by atoms with Gasteiger partial charge in [0.2, 0.25) is 0 Å². The first-order valence-corrected chi connectivity index (χ1v) is 10.7. The Hall–Kier alpha value is -2.73. The van der Waals surface area contributed by atoms with Crippen molar-refractivity contribution in [3.63, 3.8) is 0 Å². The predicted octanol–water partition coefficient (Wildman–Crippen LogP) is 3.33. The maximum atomic E-state index is 12.0. The van der Waals surface area contributed by atoms with Crippen LogP contribution in [-0.4, -0.2) is 68.5 Å². The number of halogens is 1. The summed E-state index contributed by atoms with van der Waals surface area (Å²) in [6.07, 6.45) is 0. The molecule has 2 aromatic carbocycles. The van der Waals surface area contributed by atoms with Crippen LogP contribution in [0.4, 0.5) is 5.69 Å². The van der Waals surface area contributed by atoms with Gasteiger partial charge in [0.15, 0.2) is 5.96 Å². The monoisotopic (exact) mass is 427 g/mol. The average molecular weight is 428 g/mol. The molecule has 7 heteroatoms. The van der Waals surface area contributed by atoms with Crippen molar-refractivity contribution in [3.05, 3.63) is 64.7 Å². The zero-order valence-corrected chi connectivity index (χ0v) is 18.7. The number of anilines is 1. The summed E-state index contributed by atoms with van der Waals surface area (Å²) in [5.41, 5.74) is 2.94. The van der Waals surface area contributed by atoms with Gasteiger partial charge in [0.25, 0.3) is 5.91 Å². The fraction of sp³-hybridized carbons (Fsp3) is 0.391. The van der Waals surface area contributed by atoms with Gasteiger partial charge in [-0.25, -0.2) is 4.99 Å². The minimum absolute atomic E-state index is 0.0102. The fourth-order valence-electron chi connectivity index (χ4n) is 3.45. The Bertz CT molecular complexity index is 873. The summed E-state index contributed by atoms with van der Waals surface area (Å²) in [5, 5.41) is 4.17. The van der Waals surface area contributed by atoms with E-state index in [4.69, 9.17) is 16.6 Å². The number of benzene rings is 2. The van der Waals surface area contributed by atoms with Gasteiger partial charge in [-0.15, -0.1) is 0 Å². The molecule has 1 N–H and O–H groups in total. The van der Waals surface area contributed by atoms with E-state index in [-0.39, 0.29) is 5.91 Å². The molecular weight excluding hydrogens is 398 g/mol. The normalized spacial score (nSPS) is 14.6. The number of amides is 1. The van der Waals surface area contributed by atoms with Gasteiger partial charge in [0.05, 0.1) is 6.54 Å². The second-order valence-corrected chi connectivity index (χ2v) is 7.96. The summed E-state index contributed by atoms with van der Waals surface area (Å²) in [6, 6.07) is 15.7. The minimum atomic E-state index is 0.0102. The minimum Gasteiger partial charge on any atom is -0.368 e. The van der Waals surface area contributed by atoms with Crippen LogP contribution in [0.1, 0.15) is 22.8 Å². The molecule has 3 rings (SSSR count). The zero-order valence-electron chi connectivity index (χ0n) is 17.9. The van der Waals surface area contributed by atoms with E-state index < -0.39 is 0 Å². The largest absolute Gasteiger partial charge is 0.368 e. The molecule has 0 aliphatic carbocycles. The third kappa shape index (κ3) is 5.66. The number of carbonyl (C=O) groups is 1. The summed E-state index contributed by atoms with van der Waals surface area (Å²) >= 11 is 6.14. The molecule has 1 fully saturated rings. The topological polar surface area (TPSA) is 51.2 Å². The lowest BCUT2D eigenvalue weighted by Gasteiger charge is -2.37. The molecule has 6 nitrogen and oxygen atoms in total. The van der Waals surface area contributed by atoms with Crippen LogP contribution in [0.5, 0.6) is 0 Å². The molecule has 0 radical (unpaired) electrons. The number of hydrogen-bond acceptors (Lipinski definition) is 3. The van der Waals surface area contributed by atoms with Crippen LogP contribution < -0.4 is 10.2 Å². The molecule has 0 unspecified atom stereocenters. The van der Waals surface area contributed by atoms with E-state index in [0.29, 0.717) is 12.1 Å². The molecule has 0 bridgehead atoms. The third-order valence-electron chi connectivity index (χ3n) is 5.11. The SMILES string of the molecule is CCNC(=NCc1ccc(C(=O)N(C)C)cc1)N1CCN(c2cccc(Cl)c2)CC1. The molecular formula is C23H30ClN5O. The number of rotatable bonds is 5.